The Morgan fingerprint density at radius 2 is 1.91 bits per heavy atom. The van der Waals surface area contributed by atoms with Gasteiger partial charge in [-0.05, 0) is 29.3 Å². The summed E-state index contributed by atoms with van der Waals surface area (Å²) in [6.45, 7) is 0.987. The van der Waals surface area contributed by atoms with Gasteiger partial charge in [0.1, 0.15) is 24.6 Å². The summed E-state index contributed by atoms with van der Waals surface area (Å²) in [4.78, 5) is 35.1. The Hall–Kier alpha value is -3.86. The van der Waals surface area contributed by atoms with E-state index in [-0.39, 0.29) is 23.7 Å². The van der Waals surface area contributed by atoms with Gasteiger partial charge in [0.05, 0.1) is 12.8 Å². The van der Waals surface area contributed by atoms with Gasteiger partial charge in [-0.3, -0.25) is 9.59 Å². The number of nitrogens with one attached hydrogen (secondary N) is 2. The standard InChI is InChI=1S/C21H21N3O7S/c1-14(25)22-17(21(27)30-2)10-16-8-9-18(24-12-20(26)23-32(24,28)29)19(11-16)31-13-15-6-4-3-5-7-15/h3-11H,12-13H2,1-2H3,(H,22,25)(H,23,26). The zero-order chi connectivity index (χ0) is 23.3. The highest BCUT2D eigenvalue weighted by Crippen LogP contribution is 2.33. The molecule has 0 saturated carbocycles. The van der Waals surface area contributed by atoms with Gasteiger partial charge in [-0.15, -0.1) is 0 Å². The molecule has 11 heteroatoms. The molecule has 2 amide bonds. The van der Waals surface area contributed by atoms with E-state index in [9.17, 15) is 22.8 Å². The molecule has 0 atom stereocenters. The lowest BCUT2D eigenvalue weighted by atomic mass is 10.1. The second-order valence-electron chi connectivity index (χ2n) is 6.77. The number of hydrogen-bond acceptors (Lipinski definition) is 7. The molecule has 1 heterocycles. The van der Waals surface area contributed by atoms with Gasteiger partial charge in [0.15, 0.2) is 0 Å². The molecule has 10 nitrogen and oxygen atoms in total. The zero-order valence-electron chi connectivity index (χ0n) is 17.3. The highest BCUT2D eigenvalue weighted by Gasteiger charge is 2.35. The van der Waals surface area contributed by atoms with Crippen molar-refractivity contribution in [3.63, 3.8) is 0 Å². The fraction of sp³-hybridized carbons (Fsp3) is 0.190. The molecule has 1 fully saturated rings. The molecule has 0 aromatic heterocycles. The van der Waals surface area contributed by atoms with Crippen molar-refractivity contribution >= 4 is 39.8 Å². The maximum absolute atomic E-state index is 12.3. The van der Waals surface area contributed by atoms with Crippen molar-refractivity contribution in [2.75, 3.05) is 18.0 Å². The van der Waals surface area contributed by atoms with Crippen LogP contribution in [-0.2, 0) is 35.9 Å². The van der Waals surface area contributed by atoms with Gasteiger partial charge in [-0.25, -0.2) is 13.8 Å². The minimum atomic E-state index is -4.06. The maximum Gasteiger partial charge on any atom is 0.354 e. The Labute approximate surface area is 185 Å². The van der Waals surface area contributed by atoms with E-state index >= 15 is 0 Å². The van der Waals surface area contributed by atoms with Crippen LogP contribution in [0.15, 0.2) is 54.2 Å². The number of hydrogen-bond donors (Lipinski definition) is 2. The minimum absolute atomic E-state index is 0.104. The van der Waals surface area contributed by atoms with E-state index < -0.39 is 34.5 Å². The largest absolute Gasteiger partial charge is 0.487 e. The van der Waals surface area contributed by atoms with E-state index in [1.807, 2.05) is 35.1 Å². The van der Waals surface area contributed by atoms with Crippen LogP contribution in [0.3, 0.4) is 0 Å². The molecule has 2 N–H and O–H groups in total. The van der Waals surface area contributed by atoms with Gasteiger partial charge in [0, 0.05) is 6.92 Å². The van der Waals surface area contributed by atoms with Crippen LogP contribution in [0.2, 0.25) is 0 Å². The zero-order valence-corrected chi connectivity index (χ0v) is 18.1. The van der Waals surface area contributed by atoms with Crippen molar-refractivity contribution in [2.45, 2.75) is 13.5 Å². The number of amides is 2. The van der Waals surface area contributed by atoms with Crippen LogP contribution in [0, 0.1) is 0 Å². The molecule has 1 aliphatic rings. The smallest absolute Gasteiger partial charge is 0.354 e. The number of carbonyl (C=O) groups excluding carboxylic acids is 3. The number of anilines is 1. The fourth-order valence-electron chi connectivity index (χ4n) is 2.95. The molecule has 168 valence electrons. The molecule has 0 bridgehead atoms. The third-order valence-corrected chi connectivity index (χ3v) is 5.73. The summed E-state index contributed by atoms with van der Waals surface area (Å²) in [5.41, 5.74) is 1.32. The molecule has 2 aromatic rings. The summed E-state index contributed by atoms with van der Waals surface area (Å²) >= 11 is 0. The first kappa shape index (κ1) is 22.8. The maximum atomic E-state index is 12.3. The van der Waals surface area contributed by atoms with Crippen LogP contribution in [0.1, 0.15) is 18.1 Å². The quantitative estimate of drug-likeness (QED) is 0.468. The molecule has 32 heavy (non-hydrogen) atoms. The van der Waals surface area contributed by atoms with Gasteiger partial charge >= 0.3 is 16.2 Å². The molecule has 0 aliphatic carbocycles. The Bertz CT molecular complexity index is 1180. The Kier molecular flexibility index (Phi) is 6.79. The average molecular weight is 459 g/mol. The number of rotatable bonds is 7. The van der Waals surface area contributed by atoms with Crippen LogP contribution in [0.5, 0.6) is 5.75 Å². The predicted octanol–water partition coefficient (Wildman–Crippen LogP) is 1.10. The van der Waals surface area contributed by atoms with Crippen molar-refractivity contribution in [3.05, 3.63) is 65.4 Å². The van der Waals surface area contributed by atoms with Crippen molar-refractivity contribution < 1.29 is 32.3 Å². The molecule has 0 spiro atoms. The van der Waals surface area contributed by atoms with Crippen LogP contribution < -0.4 is 19.1 Å². The molecule has 3 rings (SSSR count). The summed E-state index contributed by atoms with van der Waals surface area (Å²) in [5.74, 6) is -1.73. The third-order valence-electron chi connectivity index (χ3n) is 4.34. The van der Waals surface area contributed by atoms with Gasteiger partial charge in [-0.1, -0.05) is 36.4 Å². The Morgan fingerprint density at radius 3 is 2.50 bits per heavy atom. The van der Waals surface area contributed by atoms with Gasteiger partial charge in [-0.2, -0.15) is 8.42 Å². The van der Waals surface area contributed by atoms with Crippen LogP contribution in [0.4, 0.5) is 5.69 Å². The van der Waals surface area contributed by atoms with Gasteiger partial charge < -0.3 is 14.8 Å². The summed E-state index contributed by atoms with van der Waals surface area (Å²) in [5, 5.41) is 2.39. The SMILES string of the molecule is COC(=O)C(=Cc1ccc(N2CC(=O)NS2(=O)=O)c(OCc2ccccc2)c1)NC(C)=O. The fourth-order valence-corrected chi connectivity index (χ4v) is 4.11. The number of carbonyl (C=O) groups is 3. The van der Waals surface area contributed by atoms with Crippen LogP contribution in [0.25, 0.3) is 6.08 Å². The van der Waals surface area contributed by atoms with E-state index in [2.05, 4.69) is 10.1 Å². The lowest BCUT2D eigenvalue weighted by Gasteiger charge is -2.19. The molecule has 0 unspecified atom stereocenters. The van der Waals surface area contributed by atoms with Crippen LogP contribution >= 0.6 is 0 Å². The number of esters is 1. The summed E-state index contributed by atoms with van der Waals surface area (Å²) < 4.78 is 38.0. The lowest BCUT2D eigenvalue weighted by Crippen LogP contribution is -2.29. The Morgan fingerprint density at radius 1 is 1.19 bits per heavy atom. The van der Waals surface area contributed by atoms with Gasteiger partial charge in [0.2, 0.25) is 5.91 Å². The predicted molar refractivity (Wildman–Crippen MR) is 115 cm³/mol. The first-order valence-electron chi connectivity index (χ1n) is 9.41. The van der Waals surface area contributed by atoms with Crippen molar-refractivity contribution in [1.82, 2.24) is 10.0 Å². The highest BCUT2D eigenvalue weighted by molar-refractivity contribution is 7.92. The lowest BCUT2D eigenvalue weighted by molar-refractivity contribution is -0.137. The molecular weight excluding hydrogens is 438 g/mol. The van der Waals surface area contributed by atoms with Gasteiger partial charge in [0.25, 0.3) is 5.91 Å². The summed E-state index contributed by atoms with van der Waals surface area (Å²) in [7, 11) is -2.88. The monoisotopic (exact) mass is 459 g/mol. The minimum Gasteiger partial charge on any atom is -0.487 e. The number of nitrogens with zero attached hydrogens (tertiary/aromatic N) is 1. The number of ether oxygens (including phenoxy) is 2. The normalized spacial score (nSPS) is 15.1. The molecule has 1 aliphatic heterocycles. The number of benzene rings is 2. The van der Waals surface area contributed by atoms with E-state index in [4.69, 9.17) is 4.74 Å². The molecule has 2 aromatic carbocycles. The van der Waals surface area contributed by atoms with Crippen LogP contribution in [-0.4, -0.2) is 39.9 Å². The molecule has 1 saturated heterocycles. The van der Waals surface area contributed by atoms with E-state index in [0.717, 1.165) is 9.87 Å². The highest BCUT2D eigenvalue weighted by atomic mass is 32.2. The molecule has 0 radical (unpaired) electrons. The van der Waals surface area contributed by atoms with Crippen molar-refractivity contribution in [3.8, 4) is 5.75 Å². The number of methoxy groups -OCH3 is 1. The van der Waals surface area contributed by atoms with Crippen molar-refractivity contribution in [1.29, 1.82) is 0 Å². The average Bonchev–Trinajstić information content (AvgIpc) is 3.03. The second-order valence-corrected chi connectivity index (χ2v) is 8.36. The third kappa shape index (κ3) is 5.43. The van der Waals surface area contributed by atoms with Crippen molar-refractivity contribution in [2.24, 2.45) is 0 Å². The van der Waals surface area contributed by atoms with E-state index in [1.54, 1.807) is 0 Å². The second kappa shape index (κ2) is 9.52. The first-order chi connectivity index (χ1) is 15.2. The summed E-state index contributed by atoms with van der Waals surface area (Å²) in [6, 6.07) is 13.7. The Balaban J connectivity index is 2.02. The summed E-state index contributed by atoms with van der Waals surface area (Å²) in [6.07, 6.45) is 1.37. The topological polar surface area (TPSA) is 131 Å². The first-order valence-corrected chi connectivity index (χ1v) is 10.9. The van der Waals surface area contributed by atoms with E-state index in [0.29, 0.717) is 5.56 Å². The molecular formula is C21H21N3O7S. The van der Waals surface area contributed by atoms with E-state index in [1.165, 1.54) is 38.3 Å².